The molecular formula is C13H18N4O3. The van der Waals surface area contributed by atoms with Gasteiger partial charge in [0.1, 0.15) is 0 Å². The lowest BCUT2D eigenvalue weighted by Crippen LogP contribution is -2.41. The number of nitrogen functional groups attached to an aromatic ring is 1. The quantitative estimate of drug-likeness (QED) is 0.783. The fourth-order valence-corrected chi connectivity index (χ4v) is 2.16. The van der Waals surface area contributed by atoms with Gasteiger partial charge in [-0.05, 0) is 19.8 Å². The minimum Gasteiger partial charge on any atom is -0.448 e. The molecular weight excluding hydrogens is 260 g/mol. The SMILES string of the molecule is C[C@H](OC(=O)c1nccnc1N)C(=O)NC1CCCC1. The van der Waals surface area contributed by atoms with Gasteiger partial charge in [0.15, 0.2) is 17.6 Å². The predicted molar refractivity (Wildman–Crippen MR) is 71.7 cm³/mol. The van der Waals surface area contributed by atoms with Crippen molar-refractivity contribution in [2.45, 2.75) is 44.8 Å². The third-order valence-corrected chi connectivity index (χ3v) is 3.27. The van der Waals surface area contributed by atoms with Crippen LogP contribution in [0.5, 0.6) is 0 Å². The molecule has 1 aliphatic rings. The monoisotopic (exact) mass is 278 g/mol. The Labute approximate surface area is 116 Å². The van der Waals surface area contributed by atoms with E-state index in [1.54, 1.807) is 0 Å². The summed E-state index contributed by atoms with van der Waals surface area (Å²) in [5, 5.41) is 2.87. The summed E-state index contributed by atoms with van der Waals surface area (Å²) in [6, 6.07) is 0.185. The molecule has 0 aliphatic heterocycles. The van der Waals surface area contributed by atoms with Crippen molar-refractivity contribution >= 4 is 17.7 Å². The van der Waals surface area contributed by atoms with Crippen molar-refractivity contribution < 1.29 is 14.3 Å². The van der Waals surface area contributed by atoms with Crippen LogP contribution in [0, 0.1) is 0 Å². The first-order valence-corrected chi connectivity index (χ1v) is 6.65. The molecule has 7 nitrogen and oxygen atoms in total. The largest absolute Gasteiger partial charge is 0.448 e. The van der Waals surface area contributed by atoms with Gasteiger partial charge in [0, 0.05) is 18.4 Å². The summed E-state index contributed by atoms with van der Waals surface area (Å²) in [4.78, 5) is 31.3. The van der Waals surface area contributed by atoms with Gasteiger partial charge < -0.3 is 15.8 Å². The first-order chi connectivity index (χ1) is 9.58. The Morgan fingerprint density at radius 2 is 2.00 bits per heavy atom. The predicted octanol–water partition coefficient (Wildman–Crippen LogP) is 0.663. The highest BCUT2D eigenvalue weighted by Crippen LogP contribution is 2.18. The van der Waals surface area contributed by atoms with Gasteiger partial charge in [-0.2, -0.15) is 0 Å². The molecule has 1 atom stereocenters. The molecule has 0 spiro atoms. The van der Waals surface area contributed by atoms with Gasteiger partial charge in [0.05, 0.1) is 0 Å². The number of nitrogens with one attached hydrogen (secondary N) is 1. The summed E-state index contributed by atoms with van der Waals surface area (Å²) in [7, 11) is 0. The number of amides is 1. The normalized spacial score (nSPS) is 16.6. The van der Waals surface area contributed by atoms with Gasteiger partial charge in [-0.25, -0.2) is 14.8 Å². The van der Waals surface area contributed by atoms with Gasteiger partial charge in [-0.1, -0.05) is 12.8 Å². The van der Waals surface area contributed by atoms with Crippen molar-refractivity contribution in [2.75, 3.05) is 5.73 Å². The maximum Gasteiger partial charge on any atom is 0.361 e. The third-order valence-electron chi connectivity index (χ3n) is 3.27. The highest BCUT2D eigenvalue weighted by atomic mass is 16.5. The van der Waals surface area contributed by atoms with E-state index in [1.165, 1.54) is 19.3 Å². The van der Waals surface area contributed by atoms with Crippen molar-refractivity contribution in [3.8, 4) is 0 Å². The smallest absolute Gasteiger partial charge is 0.361 e. The fourth-order valence-electron chi connectivity index (χ4n) is 2.16. The van der Waals surface area contributed by atoms with Gasteiger partial charge in [-0.3, -0.25) is 4.79 Å². The van der Waals surface area contributed by atoms with E-state index in [-0.39, 0.29) is 23.5 Å². The number of nitrogens with zero attached hydrogens (tertiary/aromatic N) is 2. The molecule has 0 saturated heterocycles. The van der Waals surface area contributed by atoms with E-state index in [4.69, 9.17) is 10.5 Å². The number of anilines is 1. The second-order valence-corrected chi connectivity index (χ2v) is 4.83. The molecule has 3 N–H and O–H groups in total. The molecule has 1 saturated carbocycles. The molecule has 0 unspecified atom stereocenters. The molecule has 0 radical (unpaired) electrons. The average molecular weight is 278 g/mol. The summed E-state index contributed by atoms with van der Waals surface area (Å²) in [5.41, 5.74) is 5.45. The molecule has 0 bridgehead atoms. The van der Waals surface area contributed by atoms with E-state index < -0.39 is 12.1 Å². The summed E-state index contributed by atoms with van der Waals surface area (Å²) >= 11 is 0. The highest BCUT2D eigenvalue weighted by Gasteiger charge is 2.24. The van der Waals surface area contributed by atoms with Gasteiger partial charge in [0.25, 0.3) is 5.91 Å². The van der Waals surface area contributed by atoms with Crippen LogP contribution in [0.15, 0.2) is 12.4 Å². The molecule has 1 fully saturated rings. The molecule has 2 rings (SSSR count). The van der Waals surface area contributed by atoms with Crippen LogP contribution in [0.3, 0.4) is 0 Å². The Hall–Kier alpha value is -2.18. The van der Waals surface area contributed by atoms with Crippen LogP contribution in [0.4, 0.5) is 5.82 Å². The van der Waals surface area contributed by atoms with Crippen molar-refractivity contribution in [3.05, 3.63) is 18.1 Å². The first kappa shape index (κ1) is 14.2. The van der Waals surface area contributed by atoms with E-state index in [9.17, 15) is 9.59 Å². The Morgan fingerprint density at radius 1 is 1.35 bits per heavy atom. The number of carbonyl (C=O) groups excluding carboxylic acids is 2. The van der Waals surface area contributed by atoms with Crippen LogP contribution in [0.25, 0.3) is 0 Å². The van der Waals surface area contributed by atoms with Gasteiger partial charge in [-0.15, -0.1) is 0 Å². The molecule has 1 heterocycles. The minimum absolute atomic E-state index is 0.0131. The molecule has 7 heteroatoms. The van der Waals surface area contributed by atoms with E-state index >= 15 is 0 Å². The molecule has 0 aromatic carbocycles. The van der Waals surface area contributed by atoms with E-state index in [0.717, 1.165) is 25.7 Å². The molecule has 108 valence electrons. The van der Waals surface area contributed by atoms with Gasteiger partial charge >= 0.3 is 5.97 Å². The molecule has 1 amide bonds. The highest BCUT2D eigenvalue weighted by molar-refractivity contribution is 5.94. The molecule has 1 aromatic heterocycles. The van der Waals surface area contributed by atoms with Gasteiger partial charge in [0.2, 0.25) is 0 Å². The van der Waals surface area contributed by atoms with E-state index in [0.29, 0.717) is 0 Å². The van der Waals surface area contributed by atoms with Crippen molar-refractivity contribution in [1.29, 1.82) is 0 Å². The van der Waals surface area contributed by atoms with Crippen LogP contribution in [0.1, 0.15) is 43.1 Å². The number of aromatic nitrogens is 2. The number of rotatable bonds is 4. The zero-order valence-corrected chi connectivity index (χ0v) is 11.3. The Balaban J connectivity index is 1.90. The van der Waals surface area contributed by atoms with Crippen LogP contribution < -0.4 is 11.1 Å². The number of carbonyl (C=O) groups is 2. The van der Waals surface area contributed by atoms with Crippen LogP contribution in [-0.4, -0.2) is 34.0 Å². The topological polar surface area (TPSA) is 107 Å². The maximum absolute atomic E-state index is 11.9. The summed E-state index contributed by atoms with van der Waals surface area (Å²) in [6.45, 7) is 1.52. The Kier molecular flexibility index (Phi) is 4.49. The number of hydrogen-bond acceptors (Lipinski definition) is 6. The molecule has 1 aliphatic carbocycles. The average Bonchev–Trinajstić information content (AvgIpc) is 2.91. The minimum atomic E-state index is -0.885. The second-order valence-electron chi connectivity index (χ2n) is 4.83. The standard InChI is InChI=1S/C13H18N4O3/c1-8(12(18)17-9-4-2-3-5-9)20-13(19)10-11(14)16-7-6-15-10/h6-9H,2-5H2,1H3,(H2,14,16)(H,17,18)/t8-/m0/s1. The Morgan fingerprint density at radius 3 is 2.65 bits per heavy atom. The number of ether oxygens (including phenoxy) is 1. The van der Waals surface area contributed by atoms with Crippen LogP contribution >= 0.6 is 0 Å². The van der Waals surface area contributed by atoms with Crippen LogP contribution in [-0.2, 0) is 9.53 Å². The van der Waals surface area contributed by atoms with Crippen molar-refractivity contribution in [3.63, 3.8) is 0 Å². The van der Waals surface area contributed by atoms with E-state index in [1.807, 2.05) is 0 Å². The lowest BCUT2D eigenvalue weighted by molar-refractivity contribution is -0.129. The summed E-state index contributed by atoms with van der Waals surface area (Å²) in [6.07, 6.45) is 6.03. The van der Waals surface area contributed by atoms with Crippen molar-refractivity contribution in [1.82, 2.24) is 15.3 Å². The summed E-state index contributed by atoms with van der Waals surface area (Å²) in [5.74, 6) is -1.06. The lowest BCUT2D eigenvalue weighted by Gasteiger charge is -2.17. The number of esters is 1. The second kappa shape index (κ2) is 6.31. The third kappa shape index (κ3) is 3.43. The Bertz CT molecular complexity index is 500. The summed E-state index contributed by atoms with van der Waals surface area (Å²) < 4.78 is 5.06. The van der Waals surface area contributed by atoms with Crippen molar-refractivity contribution in [2.24, 2.45) is 0 Å². The number of hydrogen-bond donors (Lipinski definition) is 2. The van der Waals surface area contributed by atoms with E-state index in [2.05, 4.69) is 15.3 Å². The first-order valence-electron chi connectivity index (χ1n) is 6.65. The molecule has 20 heavy (non-hydrogen) atoms. The maximum atomic E-state index is 11.9. The lowest BCUT2D eigenvalue weighted by atomic mass is 10.2. The zero-order valence-electron chi connectivity index (χ0n) is 11.3. The fraction of sp³-hybridized carbons (Fsp3) is 0.538. The zero-order chi connectivity index (χ0) is 14.5. The molecule has 1 aromatic rings. The van der Waals surface area contributed by atoms with Crippen LogP contribution in [0.2, 0.25) is 0 Å². The number of nitrogens with two attached hydrogens (primary N) is 1.